The van der Waals surface area contributed by atoms with Crippen LogP contribution in [0.15, 0.2) is 55.1 Å². The number of fused-ring (bicyclic) bond motifs is 2. The highest BCUT2D eigenvalue weighted by Gasteiger charge is 2.33. The Hall–Kier alpha value is -3.65. The van der Waals surface area contributed by atoms with E-state index in [0.717, 1.165) is 37.6 Å². The molecule has 216 valence electrons. The van der Waals surface area contributed by atoms with E-state index < -0.39 is 0 Å². The van der Waals surface area contributed by atoms with Gasteiger partial charge in [0.2, 0.25) is 5.91 Å². The van der Waals surface area contributed by atoms with E-state index >= 15 is 0 Å². The van der Waals surface area contributed by atoms with Crippen LogP contribution in [0.2, 0.25) is 0 Å². The minimum absolute atomic E-state index is 0.0123. The number of rotatable bonds is 6. The first-order valence-corrected chi connectivity index (χ1v) is 15.1. The smallest absolute Gasteiger partial charge is 0.318 e. The predicted octanol–water partition coefficient (Wildman–Crippen LogP) is 4.52. The molecule has 6 rings (SSSR count). The number of likely N-dealkylation sites (N-methyl/N-ethyl adjacent to an activating group) is 1. The number of aromatic nitrogens is 2. The van der Waals surface area contributed by atoms with Crippen molar-refractivity contribution in [3.8, 4) is 6.01 Å². The van der Waals surface area contributed by atoms with Crippen LogP contribution in [0.3, 0.4) is 0 Å². The van der Waals surface area contributed by atoms with Gasteiger partial charge in [0, 0.05) is 54.9 Å². The van der Waals surface area contributed by atoms with Gasteiger partial charge in [-0.15, -0.1) is 0 Å². The molecule has 3 atom stereocenters. The van der Waals surface area contributed by atoms with Crippen molar-refractivity contribution in [3.63, 3.8) is 0 Å². The van der Waals surface area contributed by atoms with Crippen molar-refractivity contribution in [1.82, 2.24) is 19.8 Å². The zero-order valence-corrected chi connectivity index (χ0v) is 24.6. The Morgan fingerprint density at radius 2 is 1.90 bits per heavy atom. The molecule has 3 aliphatic heterocycles. The Balaban J connectivity index is 1.32. The number of hydrogen-bond donors (Lipinski definition) is 0. The minimum atomic E-state index is -0.0123. The fourth-order valence-electron chi connectivity index (χ4n) is 6.89. The summed E-state index contributed by atoms with van der Waals surface area (Å²) in [6.07, 6.45) is 4.72. The topological polar surface area (TPSA) is 65.0 Å². The van der Waals surface area contributed by atoms with Crippen LogP contribution in [0.25, 0.3) is 10.8 Å². The van der Waals surface area contributed by atoms with Crippen LogP contribution in [0.4, 0.5) is 11.5 Å². The predicted molar refractivity (Wildman–Crippen MR) is 165 cm³/mol. The molecule has 0 aliphatic carbocycles. The summed E-state index contributed by atoms with van der Waals surface area (Å²) in [5.74, 6) is 1.52. The van der Waals surface area contributed by atoms with E-state index in [1.165, 1.54) is 40.9 Å². The van der Waals surface area contributed by atoms with E-state index in [9.17, 15) is 4.79 Å². The van der Waals surface area contributed by atoms with Gasteiger partial charge in [0.25, 0.3) is 0 Å². The summed E-state index contributed by atoms with van der Waals surface area (Å²) in [7, 11) is 2.19. The number of piperazine rings is 1. The largest absolute Gasteiger partial charge is 0.462 e. The number of ether oxygens (including phenoxy) is 1. The lowest BCUT2D eigenvalue weighted by Gasteiger charge is -2.42. The molecule has 2 aromatic carbocycles. The van der Waals surface area contributed by atoms with Crippen LogP contribution in [0.1, 0.15) is 37.9 Å². The molecule has 0 radical (unpaired) electrons. The zero-order chi connectivity index (χ0) is 28.5. The van der Waals surface area contributed by atoms with Crippen LogP contribution in [-0.4, -0.2) is 84.1 Å². The second-order valence-corrected chi connectivity index (χ2v) is 11.9. The van der Waals surface area contributed by atoms with Gasteiger partial charge in [-0.2, -0.15) is 9.97 Å². The molecule has 1 amide bonds. The Labute approximate surface area is 243 Å². The number of nitrogens with zero attached hydrogens (tertiary/aromatic N) is 6. The van der Waals surface area contributed by atoms with E-state index in [0.29, 0.717) is 44.2 Å². The molecular weight excluding hydrogens is 512 g/mol. The molecule has 0 bridgehead atoms. The van der Waals surface area contributed by atoms with Crippen molar-refractivity contribution in [3.05, 3.63) is 66.4 Å². The molecule has 1 aromatic heterocycles. The number of carbonyl (C=O) groups excluding carboxylic acids is 1. The van der Waals surface area contributed by atoms with Crippen molar-refractivity contribution in [2.24, 2.45) is 5.92 Å². The van der Waals surface area contributed by atoms with Gasteiger partial charge in [0.1, 0.15) is 12.4 Å². The first-order chi connectivity index (χ1) is 19.9. The van der Waals surface area contributed by atoms with Gasteiger partial charge < -0.3 is 19.4 Å². The van der Waals surface area contributed by atoms with Gasteiger partial charge in [0.05, 0.1) is 12.2 Å². The third-order valence-corrected chi connectivity index (χ3v) is 9.29. The molecular formula is C33H42N6O2. The Morgan fingerprint density at radius 3 is 2.71 bits per heavy atom. The summed E-state index contributed by atoms with van der Waals surface area (Å²) < 4.78 is 6.42. The highest BCUT2D eigenvalue weighted by molar-refractivity contribution is 5.94. The van der Waals surface area contributed by atoms with Crippen molar-refractivity contribution in [1.29, 1.82) is 0 Å². The maximum atomic E-state index is 12.3. The molecule has 0 spiro atoms. The molecule has 2 fully saturated rings. The minimum Gasteiger partial charge on any atom is -0.462 e. The van der Waals surface area contributed by atoms with E-state index in [1.54, 1.807) is 0 Å². The molecule has 0 N–H and O–H groups in total. The summed E-state index contributed by atoms with van der Waals surface area (Å²) in [6, 6.07) is 16.0. The summed E-state index contributed by atoms with van der Waals surface area (Å²) in [4.78, 5) is 31.5. The van der Waals surface area contributed by atoms with Crippen molar-refractivity contribution in [2.45, 2.75) is 51.7 Å². The number of carbonyl (C=O) groups is 1. The van der Waals surface area contributed by atoms with Crippen LogP contribution in [0.5, 0.6) is 6.01 Å². The molecule has 1 unspecified atom stereocenters. The Bertz CT molecular complexity index is 1410. The fourth-order valence-corrected chi connectivity index (χ4v) is 6.89. The molecule has 3 aromatic rings. The maximum Gasteiger partial charge on any atom is 0.318 e. The number of anilines is 2. The molecule has 2 saturated heterocycles. The average molecular weight is 555 g/mol. The Kier molecular flexibility index (Phi) is 7.84. The summed E-state index contributed by atoms with van der Waals surface area (Å²) in [6.45, 7) is 13.5. The highest BCUT2D eigenvalue weighted by Crippen LogP contribution is 2.35. The van der Waals surface area contributed by atoms with Gasteiger partial charge in [-0.3, -0.25) is 9.69 Å². The van der Waals surface area contributed by atoms with Gasteiger partial charge in [-0.1, -0.05) is 49.9 Å². The quantitative estimate of drug-likeness (QED) is 0.415. The first-order valence-electron chi connectivity index (χ1n) is 15.1. The second kappa shape index (κ2) is 11.7. The van der Waals surface area contributed by atoms with Gasteiger partial charge in [0.15, 0.2) is 0 Å². The van der Waals surface area contributed by atoms with Crippen LogP contribution in [0, 0.1) is 5.92 Å². The molecule has 41 heavy (non-hydrogen) atoms. The summed E-state index contributed by atoms with van der Waals surface area (Å²) >= 11 is 0. The van der Waals surface area contributed by atoms with Gasteiger partial charge in [-0.05, 0) is 63.2 Å². The van der Waals surface area contributed by atoms with Gasteiger partial charge in [-0.25, -0.2) is 0 Å². The third-order valence-electron chi connectivity index (χ3n) is 9.29. The normalized spacial score (nSPS) is 23.4. The average Bonchev–Trinajstić information content (AvgIpc) is 2.99. The monoisotopic (exact) mass is 554 g/mol. The lowest BCUT2D eigenvalue weighted by Crippen LogP contribution is -2.54. The molecule has 8 heteroatoms. The standard InChI is InChI=1S/C33H42N6O2/c1-5-31(40)38-18-19-39(24(3)20-38)32-27-15-17-37(29-14-8-12-25-11-6-7-13-26(25)29)21-28(27)34-33(35-32)41-22-30-23(2)10-9-16-36(30)4/h5-8,11-14,23-24,30H,1,9-10,15-22H2,2-4H3/t23?,24-,30-/m1/s1. The van der Waals surface area contributed by atoms with Gasteiger partial charge >= 0.3 is 6.01 Å². The van der Waals surface area contributed by atoms with Crippen molar-refractivity contribution >= 4 is 28.2 Å². The number of hydrogen-bond acceptors (Lipinski definition) is 7. The van der Waals surface area contributed by atoms with Crippen LogP contribution < -0.4 is 14.5 Å². The molecule has 4 heterocycles. The summed E-state index contributed by atoms with van der Waals surface area (Å²) in [5, 5.41) is 2.50. The third kappa shape index (κ3) is 5.49. The highest BCUT2D eigenvalue weighted by atomic mass is 16.5. The number of likely N-dealkylation sites (tertiary alicyclic amines) is 1. The molecule has 0 saturated carbocycles. The lowest BCUT2D eigenvalue weighted by molar-refractivity contribution is -0.126. The zero-order valence-electron chi connectivity index (χ0n) is 24.6. The van der Waals surface area contributed by atoms with E-state index in [2.05, 4.69) is 84.6 Å². The fraction of sp³-hybridized carbons (Fsp3) is 0.485. The van der Waals surface area contributed by atoms with E-state index in [-0.39, 0.29) is 11.9 Å². The Morgan fingerprint density at radius 1 is 1.07 bits per heavy atom. The maximum absolute atomic E-state index is 12.3. The number of piperidine rings is 1. The summed E-state index contributed by atoms with van der Waals surface area (Å²) in [5.41, 5.74) is 3.47. The second-order valence-electron chi connectivity index (χ2n) is 11.9. The van der Waals surface area contributed by atoms with Crippen molar-refractivity contribution < 1.29 is 9.53 Å². The first kappa shape index (κ1) is 27.5. The molecule has 8 nitrogen and oxygen atoms in total. The van der Waals surface area contributed by atoms with E-state index in [4.69, 9.17) is 14.7 Å². The van der Waals surface area contributed by atoms with Crippen LogP contribution in [-0.2, 0) is 17.8 Å². The number of amides is 1. The van der Waals surface area contributed by atoms with E-state index in [1.807, 2.05) is 4.90 Å². The van der Waals surface area contributed by atoms with Crippen molar-refractivity contribution in [2.75, 3.05) is 56.2 Å². The molecule has 3 aliphatic rings. The number of benzene rings is 2. The SMILES string of the molecule is C=CC(=O)N1CCN(c2nc(OC[C@@H]3C(C)CCCN3C)nc3c2CCN(c2cccc4ccccc24)C3)[C@H](C)C1. The lowest BCUT2D eigenvalue weighted by atomic mass is 9.92. The van der Waals surface area contributed by atoms with Crippen LogP contribution >= 0.6 is 0 Å².